The van der Waals surface area contributed by atoms with Crippen molar-refractivity contribution in [2.45, 2.75) is 26.4 Å². The van der Waals surface area contributed by atoms with Gasteiger partial charge < -0.3 is 25.7 Å². The molecule has 154 valence electrons. The van der Waals surface area contributed by atoms with Crippen molar-refractivity contribution in [1.29, 1.82) is 0 Å². The monoisotopic (exact) mass is 467 g/mol. The van der Waals surface area contributed by atoms with Crippen LogP contribution in [0.15, 0.2) is 27.5 Å². The lowest BCUT2D eigenvalue weighted by Gasteiger charge is -2.21. The summed E-state index contributed by atoms with van der Waals surface area (Å²) in [6.45, 7) is 4.95. The smallest absolute Gasteiger partial charge is 0.412 e. The number of hydrogen-bond donors (Lipinski definition) is 5. The van der Waals surface area contributed by atoms with Crippen LogP contribution in [0.4, 0.5) is 16.3 Å². The molecule has 11 heteroatoms. The molecule has 0 saturated heterocycles. The molecule has 2 rings (SSSR count). The molecular weight excluding hydrogens is 450 g/mol. The first-order valence-electron chi connectivity index (χ1n) is 8.14. The zero-order chi connectivity index (χ0) is 22.1. The van der Waals surface area contributed by atoms with E-state index < -0.39 is 51.7 Å². The molecule has 0 radical (unpaired) electrons. The van der Waals surface area contributed by atoms with Crippen LogP contribution >= 0.6 is 15.9 Å². The third-order valence-electron chi connectivity index (χ3n) is 3.56. The summed E-state index contributed by atoms with van der Waals surface area (Å²) in [5.74, 6) is -3.73. The van der Waals surface area contributed by atoms with E-state index in [2.05, 4.69) is 21.2 Å². The van der Waals surface area contributed by atoms with E-state index in [1.54, 1.807) is 20.8 Å². The lowest BCUT2D eigenvalue weighted by molar-refractivity contribution is 0.0632. The lowest BCUT2D eigenvalue weighted by atomic mass is 9.94. The summed E-state index contributed by atoms with van der Waals surface area (Å²) >= 11 is 3.23. The minimum absolute atomic E-state index is 0.0172. The number of carboxylic acid groups (broad SMARTS) is 2. The Labute approximate surface area is 172 Å². The van der Waals surface area contributed by atoms with E-state index in [1.807, 2.05) is 4.98 Å². The average molecular weight is 468 g/mol. The summed E-state index contributed by atoms with van der Waals surface area (Å²) in [6.07, 6.45) is -0.858. The standard InChI is InChI=1S/C18H18BrN3O7/c1-18(2,3)29-17(28)21-9-6-7(19)4-5-8(9)10-11(15(24)25)13(20)22-14(23)12(10)16(26)27/h4-6H,1-3H3,(H,21,28)(H,24,25)(H,26,27)(H3,20,22,23). The maximum absolute atomic E-state index is 12.2. The first kappa shape index (κ1) is 22.0. The highest BCUT2D eigenvalue weighted by molar-refractivity contribution is 9.10. The Hall–Kier alpha value is -3.34. The second-order valence-electron chi connectivity index (χ2n) is 6.92. The number of aromatic nitrogens is 1. The molecular formula is C18H18BrN3O7. The van der Waals surface area contributed by atoms with Crippen LogP contribution in [0.5, 0.6) is 0 Å². The number of carboxylic acids is 2. The zero-order valence-electron chi connectivity index (χ0n) is 15.6. The van der Waals surface area contributed by atoms with Gasteiger partial charge in [0.05, 0.1) is 5.69 Å². The quantitative estimate of drug-likeness (QED) is 0.455. The number of nitrogens with two attached hydrogens (primary N) is 1. The van der Waals surface area contributed by atoms with E-state index >= 15 is 0 Å². The number of pyridine rings is 1. The van der Waals surface area contributed by atoms with Gasteiger partial charge in [-0.2, -0.15) is 0 Å². The van der Waals surface area contributed by atoms with E-state index in [9.17, 15) is 29.4 Å². The Morgan fingerprint density at radius 3 is 2.24 bits per heavy atom. The van der Waals surface area contributed by atoms with Crippen LogP contribution < -0.4 is 16.6 Å². The molecule has 1 heterocycles. The number of aromatic carboxylic acids is 2. The van der Waals surface area contributed by atoms with Gasteiger partial charge in [-0.1, -0.05) is 22.0 Å². The van der Waals surface area contributed by atoms with Crippen molar-refractivity contribution in [3.63, 3.8) is 0 Å². The fourth-order valence-electron chi connectivity index (χ4n) is 2.57. The number of halogens is 1. The Morgan fingerprint density at radius 1 is 1.14 bits per heavy atom. The number of amides is 1. The molecule has 6 N–H and O–H groups in total. The Balaban J connectivity index is 2.82. The predicted octanol–water partition coefficient (Wildman–Crippen LogP) is 3.13. The fraction of sp³-hybridized carbons (Fsp3) is 0.222. The minimum atomic E-state index is -1.66. The van der Waals surface area contributed by atoms with Gasteiger partial charge in [0.2, 0.25) is 0 Å². The number of nitrogens with one attached hydrogen (secondary N) is 2. The van der Waals surface area contributed by atoms with Gasteiger partial charge in [0.1, 0.15) is 22.5 Å². The van der Waals surface area contributed by atoms with Crippen LogP contribution in [-0.2, 0) is 4.74 Å². The molecule has 0 aliphatic rings. The van der Waals surface area contributed by atoms with Gasteiger partial charge in [-0.05, 0) is 32.9 Å². The van der Waals surface area contributed by atoms with Crippen LogP contribution in [0.25, 0.3) is 11.1 Å². The van der Waals surface area contributed by atoms with Crippen LogP contribution in [0.1, 0.15) is 41.5 Å². The number of hydrogen-bond acceptors (Lipinski definition) is 6. The van der Waals surface area contributed by atoms with Gasteiger partial charge in [0.25, 0.3) is 5.56 Å². The van der Waals surface area contributed by atoms with Crippen LogP contribution in [0.2, 0.25) is 0 Å². The number of nitrogen functional groups attached to an aromatic ring is 1. The van der Waals surface area contributed by atoms with Crippen molar-refractivity contribution < 1.29 is 29.3 Å². The van der Waals surface area contributed by atoms with E-state index in [1.165, 1.54) is 18.2 Å². The Morgan fingerprint density at radius 2 is 1.72 bits per heavy atom. The second-order valence-corrected chi connectivity index (χ2v) is 7.84. The number of carbonyl (C=O) groups excluding carboxylic acids is 1. The van der Waals surface area contributed by atoms with Gasteiger partial charge in [0.15, 0.2) is 0 Å². The van der Waals surface area contributed by atoms with E-state index in [-0.39, 0.29) is 11.3 Å². The molecule has 1 amide bonds. The topological polar surface area (TPSA) is 172 Å². The fourth-order valence-corrected chi connectivity index (χ4v) is 2.93. The maximum atomic E-state index is 12.2. The number of rotatable bonds is 4. The summed E-state index contributed by atoms with van der Waals surface area (Å²) < 4.78 is 5.68. The van der Waals surface area contributed by atoms with Crippen molar-refractivity contribution >= 4 is 45.5 Å². The molecule has 0 fully saturated rings. The number of anilines is 2. The molecule has 0 unspecified atom stereocenters. The number of aromatic amines is 1. The Bertz CT molecular complexity index is 1070. The third kappa shape index (κ3) is 4.93. The first-order valence-corrected chi connectivity index (χ1v) is 8.93. The highest BCUT2D eigenvalue weighted by atomic mass is 79.9. The van der Waals surface area contributed by atoms with Crippen molar-refractivity contribution in [2.75, 3.05) is 11.1 Å². The first-order chi connectivity index (χ1) is 13.3. The largest absolute Gasteiger partial charge is 0.478 e. The van der Waals surface area contributed by atoms with E-state index in [0.29, 0.717) is 4.47 Å². The molecule has 29 heavy (non-hydrogen) atoms. The molecule has 0 bridgehead atoms. The summed E-state index contributed by atoms with van der Waals surface area (Å²) in [5, 5.41) is 21.5. The highest BCUT2D eigenvalue weighted by Crippen LogP contribution is 2.36. The lowest BCUT2D eigenvalue weighted by Crippen LogP contribution is -2.28. The van der Waals surface area contributed by atoms with Gasteiger partial charge in [-0.25, -0.2) is 14.4 Å². The molecule has 10 nitrogen and oxygen atoms in total. The maximum Gasteiger partial charge on any atom is 0.412 e. The molecule has 0 aliphatic heterocycles. The van der Waals surface area contributed by atoms with E-state index in [0.717, 1.165) is 0 Å². The van der Waals surface area contributed by atoms with Crippen LogP contribution in [0, 0.1) is 0 Å². The molecule has 1 aromatic heterocycles. The molecule has 0 saturated carbocycles. The molecule has 0 aliphatic carbocycles. The van der Waals surface area contributed by atoms with Gasteiger partial charge in [-0.15, -0.1) is 0 Å². The van der Waals surface area contributed by atoms with Crippen molar-refractivity contribution in [1.82, 2.24) is 4.98 Å². The SMILES string of the molecule is CC(C)(C)OC(=O)Nc1cc(Br)ccc1-c1c(C(=O)O)c(N)[nH]c(=O)c1C(=O)O. The summed E-state index contributed by atoms with van der Waals surface area (Å²) in [6, 6.07) is 4.25. The second kappa shape index (κ2) is 7.95. The molecule has 0 spiro atoms. The molecule has 2 aromatic rings. The van der Waals surface area contributed by atoms with Crippen molar-refractivity contribution in [3.8, 4) is 11.1 Å². The average Bonchev–Trinajstić information content (AvgIpc) is 2.51. The number of ether oxygens (including phenoxy) is 1. The molecule has 0 atom stereocenters. The van der Waals surface area contributed by atoms with Gasteiger partial charge >= 0.3 is 18.0 Å². The summed E-state index contributed by atoms with van der Waals surface area (Å²) in [4.78, 5) is 49.9. The van der Waals surface area contributed by atoms with Crippen LogP contribution in [0.3, 0.4) is 0 Å². The summed E-state index contributed by atoms with van der Waals surface area (Å²) in [7, 11) is 0. The molecule has 1 aromatic carbocycles. The minimum Gasteiger partial charge on any atom is -0.478 e. The van der Waals surface area contributed by atoms with Gasteiger partial charge in [0, 0.05) is 15.6 Å². The van der Waals surface area contributed by atoms with Gasteiger partial charge in [-0.3, -0.25) is 10.1 Å². The normalized spacial score (nSPS) is 11.0. The Kier molecular flexibility index (Phi) is 6.02. The summed E-state index contributed by atoms with van der Waals surface area (Å²) in [5.41, 5.74) is 1.84. The van der Waals surface area contributed by atoms with Crippen molar-refractivity contribution in [3.05, 3.63) is 44.2 Å². The number of benzene rings is 1. The van der Waals surface area contributed by atoms with Crippen molar-refractivity contribution in [2.24, 2.45) is 0 Å². The zero-order valence-corrected chi connectivity index (χ0v) is 17.2. The number of carbonyl (C=O) groups is 3. The van der Waals surface area contributed by atoms with E-state index in [4.69, 9.17) is 10.5 Å². The predicted molar refractivity (Wildman–Crippen MR) is 108 cm³/mol. The highest BCUT2D eigenvalue weighted by Gasteiger charge is 2.28. The number of H-pyrrole nitrogens is 1. The van der Waals surface area contributed by atoms with Crippen LogP contribution in [-0.4, -0.2) is 38.8 Å². The third-order valence-corrected chi connectivity index (χ3v) is 4.05.